The van der Waals surface area contributed by atoms with E-state index < -0.39 is 96.7 Å². The summed E-state index contributed by atoms with van der Waals surface area (Å²) in [6.07, 6.45) is 2.26. The number of fused-ring (bicyclic) bond motifs is 2. The van der Waals surface area contributed by atoms with Gasteiger partial charge in [0.1, 0.15) is 5.69 Å². The molecular formula is C113H107BClK3N6O14P5PdS2. The SMILES string of the molecule is CC(C)N(C)c1nc2cc(C(=O)O)ccc2nc1-c1ccc(S(C)(=O)=O)cc1.COC(=O)c1ccc2nc(Cl)c(N(C)C(C)C)nc2c1.CS(=O)(=O)c1ccc(B(O)O)cc1.O=[PH]=O.[K].[K].[K].[O]=[Pd]=[O].c1ccc(P(c2ccccc2)c2ccccc2)cc1.c1ccc(P(c2ccccc2)c2ccccc2)cc1.c1ccc(P(c2ccccc2)c2ccccc2)cc1.c1ccc(P(c2ccccc2)c2ccccc2)cc1. The van der Waals surface area contributed by atoms with E-state index in [1.165, 1.54) is 107 Å². The fourth-order valence-electron chi connectivity index (χ4n) is 14.1. The second-order valence-corrected chi connectivity index (χ2v) is 45.6. The van der Waals surface area contributed by atoms with E-state index in [9.17, 15) is 31.5 Å². The average Bonchev–Trinajstić information content (AvgIpc) is 0.777. The van der Waals surface area contributed by atoms with Crippen LogP contribution in [0.15, 0.2) is 459 Å². The van der Waals surface area contributed by atoms with E-state index in [0.29, 0.717) is 50.1 Å². The number of ether oxygens (including phenoxy) is 1. The molecule has 18 rings (SSSR count). The van der Waals surface area contributed by atoms with Crippen molar-refractivity contribution in [3.05, 3.63) is 465 Å². The number of rotatable bonds is 22. The summed E-state index contributed by atoms with van der Waals surface area (Å²) in [5.74, 6) is -0.237. The van der Waals surface area contributed by atoms with E-state index in [2.05, 4.69) is 379 Å². The summed E-state index contributed by atoms with van der Waals surface area (Å²) in [5, 5.41) is 43.8. The fraction of sp³-hybridized carbons (Fsp3) is 0.0973. The minimum atomic E-state index is -3.29. The van der Waals surface area contributed by atoms with Crippen LogP contribution in [0, 0.1) is 0 Å². The van der Waals surface area contributed by atoms with Crippen LogP contribution in [-0.2, 0) is 58.4 Å². The molecule has 0 aliphatic rings. The number of carboxylic acid groups (broad SMARTS) is 1. The molecular weight excluding hydrogens is 2150 g/mol. The monoisotopic (exact) mass is 2260 g/mol. The van der Waals surface area contributed by atoms with Crippen LogP contribution in [0.2, 0.25) is 5.15 Å². The van der Waals surface area contributed by atoms with Crippen LogP contribution in [0.4, 0.5) is 11.6 Å². The van der Waals surface area contributed by atoms with Crippen LogP contribution < -0.4 is 78.9 Å². The van der Waals surface area contributed by atoms with Crippen LogP contribution in [0.1, 0.15) is 48.4 Å². The maximum atomic E-state index is 11.7. The summed E-state index contributed by atoms with van der Waals surface area (Å²) in [4.78, 5) is 45.3. The number of anilines is 2. The molecule has 3 radical (unpaired) electrons. The van der Waals surface area contributed by atoms with E-state index >= 15 is 0 Å². The molecule has 0 saturated carbocycles. The molecule has 0 fully saturated rings. The number of benzene rings is 16. The number of nitrogens with zero attached hydrogens (tertiary/aromatic N) is 6. The minimum absolute atomic E-state index is 0. The second-order valence-electron chi connectivity index (χ2n) is 31.9. The van der Waals surface area contributed by atoms with Gasteiger partial charge in [-0.2, -0.15) is 0 Å². The first-order chi connectivity index (χ1) is 69.0. The van der Waals surface area contributed by atoms with Gasteiger partial charge >= 0.3 is 52.2 Å². The summed E-state index contributed by atoms with van der Waals surface area (Å²) < 4.78 is 83.8. The number of carbonyl (C=O) groups excluding carboxylic acids is 1. The van der Waals surface area contributed by atoms with Crippen molar-refractivity contribution in [2.75, 3.05) is 43.5 Å². The molecule has 2 heterocycles. The Labute approximate surface area is 1000 Å². The minimum Gasteiger partial charge on any atom is -0.0622 e. The van der Waals surface area contributed by atoms with E-state index in [1.807, 2.05) is 51.6 Å². The first kappa shape index (κ1) is 125. The third kappa shape index (κ3) is 38.9. The van der Waals surface area contributed by atoms with Crippen LogP contribution in [0.25, 0.3) is 33.3 Å². The summed E-state index contributed by atoms with van der Waals surface area (Å²) in [6, 6.07) is 151. The van der Waals surface area contributed by atoms with E-state index in [0.717, 1.165) is 18.1 Å². The van der Waals surface area contributed by atoms with Crippen LogP contribution in [0.5, 0.6) is 0 Å². The molecule has 0 amide bonds. The fourth-order valence-corrected chi connectivity index (χ4v) is 24.8. The number of aromatic carboxylic acids is 1. The average molecular weight is 2260 g/mol. The smallest absolute Gasteiger partial charge is 0.0134 e. The molecule has 0 unspecified atom stereocenters. The van der Waals surface area contributed by atoms with Gasteiger partial charge < -0.3 is 29.7 Å². The maximum absolute atomic E-state index is 11.7. The number of carboxylic acids is 1. The first-order valence-corrected chi connectivity index (χ1v) is 56.3. The van der Waals surface area contributed by atoms with Gasteiger partial charge in [0, 0.05) is 198 Å². The first-order valence-electron chi connectivity index (χ1n) is 44.7. The van der Waals surface area contributed by atoms with Gasteiger partial charge in [-0.15, -0.1) is 0 Å². The zero-order valence-corrected chi connectivity index (χ0v) is 101. The molecule has 0 bridgehead atoms. The largest absolute Gasteiger partial charge is 0.0622 e. The van der Waals surface area contributed by atoms with E-state index in [1.54, 1.807) is 48.5 Å². The quantitative estimate of drug-likeness (QED) is 0.0323. The summed E-state index contributed by atoms with van der Waals surface area (Å²) >= 11 is 4.61. The van der Waals surface area contributed by atoms with Crippen molar-refractivity contribution in [2.24, 2.45) is 0 Å². The Balaban J connectivity index is 0.000000230. The molecule has 33 heteroatoms. The van der Waals surface area contributed by atoms with Crippen molar-refractivity contribution in [3.8, 4) is 11.3 Å². The topological polar surface area (TPSA) is 299 Å². The molecule has 146 heavy (non-hydrogen) atoms. The molecule has 0 atom stereocenters. The molecule has 0 spiro atoms. The number of aromatic nitrogens is 4. The van der Waals surface area contributed by atoms with Gasteiger partial charge in [-0.3, -0.25) is 0 Å². The Morgan fingerprint density at radius 3 is 0.795 bits per heavy atom. The predicted octanol–water partition coefficient (Wildman–Crippen LogP) is 17.7. The zero-order chi connectivity index (χ0) is 103. The van der Waals surface area contributed by atoms with Gasteiger partial charge in [0.25, 0.3) is 0 Å². The molecule has 0 aliphatic heterocycles. The number of carbonyl (C=O) groups is 2. The van der Waals surface area contributed by atoms with Gasteiger partial charge in [-0.1, -0.05) is 400 Å². The summed E-state index contributed by atoms with van der Waals surface area (Å²) in [5.41, 5.74) is 4.49. The normalized spacial score (nSPS) is 10.5. The van der Waals surface area contributed by atoms with Crippen molar-refractivity contribution in [1.82, 2.24) is 19.9 Å². The summed E-state index contributed by atoms with van der Waals surface area (Å²) in [7, 11) is -6.13. The number of esters is 1. The molecule has 3 N–H and O–H groups in total. The Morgan fingerprint density at radius 1 is 0.349 bits per heavy atom. The Bertz CT molecular complexity index is 6480. The van der Waals surface area contributed by atoms with Crippen molar-refractivity contribution in [2.45, 2.75) is 49.6 Å². The van der Waals surface area contributed by atoms with Crippen LogP contribution in [0.3, 0.4) is 0 Å². The Kier molecular flexibility index (Phi) is 56.1. The summed E-state index contributed by atoms with van der Waals surface area (Å²) in [6.45, 7) is 8.09. The number of hydrogen-bond acceptors (Lipinski definition) is 19. The van der Waals surface area contributed by atoms with E-state index in [-0.39, 0.29) is 187 Å². The van der Waals surface area contributed by atoms with Crippen molar-refractivity contribution in [3.63, 3.8) is 0 Å². The molecule has 18 aromatic rings. The molecule has 0 aliphatic carbocycles. The van der Waals surface area contributed by atoms with E-state index in [4.69, 9.17) is 47.4 Å². The standard InChI is InChI=1S/C20H21N3O4S.4C18H15P.C14H16ClN3O2.C7H9BO4S.3K.HO2P.2O.Pd/c1-12(2)23(3)19-18(13-5-8-15(9-6-13)28(4,26)27)21-16-10-7-14(20(24)25)11-17(16)22-19;4*1-4-10-16(11-5-1)19(17-12-6-2-7-13-17)18-14-8-3-9-15-18;1-8(2)18(3)13-12(15)16-10-6-5-9(14(19)20-4)7-11(10)17-13;1-13(11,12)7-4-2-6(3-5-7)8(9)10;;;;1-3-2;;;/h5-12H,1-4H3,(H,24,25);4*1-15H;5-8H,1-4H3;2-5,9-10H,1H3;;;;3H;;;. The van der Waals surface area contributed by atoms with Crippen LogP contribution >= 0.6 is 51.6 Å². The Hall–Kier alpha value is -8.29. The van der Waals surface area contributed by atoms with Crippen molar-refractivity contribution in [1.29, 1.82) is 0 Å². The molecule has 16 aromatic carbocycles. The van der Waals surface area contributed by atoms with Gasteiger partial charge in [-0.25, -0.2) is 55.5 Å². The van der Waals surface area contributed by atoms with Gasteiger partial charge in [0.15, 0.2) is 36.5 Å². The molecule has 2 aromatic heterocycles. The van der Waals surface area contributed by atoms with Gasteiger partial charge in [-0.05, 0) is 189 Å². The Morgan fingerprint density at radius 2 is 0.568 bits per heavy atom. The van der Waals surface area contributed by atoms with Gasteiger partial charge in [0.2, 0.25) is 0 Å². The number of sulfone groups is 2. The molecule has 0 saturated heterocycles. The van der Waals surface area contributed by atoms with Crippen LogP contribution in [-0.4, -0.2) is 271 Å². The second kappa shape index (κ2) is 65.7. The van der Waals surface area contributed by atoms with Crippen molar-refractivity contribution < 1.29 is 80.3 Å². The van der Waals surface area contributed by atoms with Crippen molar-refractivity contribution >= 4 is 347 Å². The molecule has 733 valence electrons. The third-order valence-corrected chi connectivity index (χ3v) is 33.8. The zero-order valence-electron chi connectivity index (χ0n) is 82.8. The molecule has 20 nitrogen and oxygen atoms in total. The number of methoxy groups -OCH3 is 1. The van der Waals surface area contributed by atoms with Gasteiger partial charge in [0.05, 0.1) is 50.1 Å². The maximum Gasteiger partial charge on any atom is -0.0134 e. The number of hydrogen-bond donors (Lipinski definition) is 3. The third-order valence-electron chi connectivity index (χ3n) is 21.5. The number of halogens is 1. The predicted molar refractivity (Wildman–Crippen MR) is 606 cm³/mol.